The fourth-order valence-electron chi connectivity index (χ4n) is 3.27. The van der Waals surface area contributed by atoms with Crippen molar-refractivity contribution in [3.05, 3.63) is 91.8 Å². The molecule has 174 valence electrons. The van der Waals surface area contributed by atoms with Gasteiger partial charge in [-0.25, -0.2) is 18.9 Å². The Kier molecular flexibility index (Phi) is 6.04. The Balaban J connectivity index is 1.68. The van der Waals surface area contributed by atoms with Crippen LogP contribution in [0.15, 0.2) is 53.3 Å². The number of carbonyl (C=O) groups excluding carboxylic acids is 1. The average molecular weight is 467 g/mol. The number of non-ortho nitro benzene ring substituents is 1. The molecule has 2 aromatic carbocycles. The number of benzene rings is 2. The van der Waals surface area contributed by atoms with E-state index in [0.717, 1.165) is 10.8 Å². The van der Waals surface area contributed by atoms with Gasteiger partial charge in [-0.05, 0) is 32.0 Å². The van der Waals surface area contributed by atoms with E-state index in [2.05, 4.69) is 10.1 Å². The average Bonchev–Trinajstić information content (AvgIpc) is 3.15. The molecule has 0 amide bonds. The number of hydrogen-bond acceptors (Lipinski definition) is 8. The summed E-state index contributed by atoms with van der Waals surface area (Å²) in [5, 5.41) is 15.4. The molecule has 0 atom stereocenters. The maximum atomic E-state index is 13.7. The summed E-state index contributed by atoms with van der Waals surface area (Å²) in [4.78, 5) is 45.7. The standard InChI is InChI=1S/C22H18FN5O6/c1-13-9-14(2)26(25-13)22-24-19-8-7-16(28(31)32)10-17(19)21(30)27(22)34-12-20(29)33-11-15-5-3-4-6-18(15)23/h3-10H,11-12H2,1-2H3. The fraction of sp³-hybridized carbons (Fsp3) is 0.182. The molecule has 0 radical (unpaired) electrons. The van der Waals surface area contributed by atoms with E-state index >= 15 is 0 Å². The summed E-state index contributed by atoms with van der Waals surface area (Å²) in [7, 11) is 0. The number of aryl methyl sites for hydroxylation is 2. The smallest absolute Gasteiger partial charge is 0.347 e. The molecule has 34 heavy (non-hydrogen) atoms. The molecule has 0 aliphatic rings. The Hall–Kier alpha value is -4.61. The van der Waals surface area contributed by atoms with Crippen molar-refractivity contribution in [1.29, 1.82) is 0 Å². The van der Waals surface area contributed by atoms with Crippen molar-refractivity contribution in [2.24, 2.45) is 0 Å². The van der Waals surface area contributed by atoms with Gasteiger partial charge in [0.2, 0.25) is 6.61 Å². The van der Waals surface area contributed by atoms with Gasteiger partial charge in [0, 0.05) is 23.4 Å². The van der Waals surface area contributed by atoms with Crippen molar-refractivity contribution in [1.82, 2.24) is 19.5 Å². The predicted molar refractivity (Wildman–Crippen MR) is 117 cm³/mol. The fourth-order valence-corrected chi connectivity index (χ4v) is 3.27. The first-order valence-electron chi connectivity index (χ1n) is 10.0. The van der Waals surface area contributed by atoms with Gasteiger partial charge in [-0.15, -0.1) is 4.73 Å². The lowest BCUT2D eigenvalue weighted by Gasteiger charge is -2.14. The molecule has 0 spiro atoms. The van der Waals surface area contributed by atoms with E-state index in [-0.39, 0.29) is 34.7 Å². The third-order valence-electron chi connectivity index (χ3n) is 4.86. The predicted octanol–water partition coefficient (Wildman–Crippen LogP) is 2.42. The van der Waals surface area contributed by atoms with Crippen LogP contribution in [0.2, 0.25) is 0 Å². The van der Waals surface area contributed by atoms with E-state index in [0.29, 0.717) is 11.4 Å². The van der Waals surface area contributed by atoms with Crippen molar-refractivity contribution in [2.75, 3.05) is 6.61 Å². The third kappa shape index (κ3) is 4.46. The van der Waals surface area contributed by atoms with Gasteiger partial charge in [0.25, 0.3) is 17.2 Å². The summed E-state index contributed by atoms with van der Waals surface area (Å²) < 4.78 is 20.8. The quantitative estimate of drug-likeness (QED) is 0.230. The molecular formula is C22H18FN5O6. The molecule has 0 bridgehead atoms. The van der Waals surface area contributed by atoms with Gasteiger partial charge in [-0.1, -0.05) is 18.2 Å². The minimum absolute atomic E-state index is 0.0566. The molecule has 2 heterocycles. The summed E-state index contributed by atoms with van der Waals surface area (Å²) >= 11 is 0. The Morgan fingerprint density at radius 1 is 1.18 bits per heavy atom. The molecule has 0 saturated carbocycles. The number of halogens is 1. The second-order valence-corrected chi connectivity index (χ2v) is 7.33. The zero-order valence-electron chi connectivity index (χ0n) is 18.1. The molecule has 0 fully saturated rings. The van der Waals surface area contributed by atoms with Crippen LogP contribution < -0.4 is 10.4 Å². The van der Waals surface area contributed by atoms with Crippen LogP contribution in [0.5, 0.6) is 0 Å². The van der Waals surface area contributed by atoms with E-state index in [1.54, 1.807) is 26.0 Å². The first-order valence-corrected chi connectivity index (χ1v) is 10.0. The second-order valence-electron chi connectivity index (χ2n) is 7.33. The summed E-state index contributed by atoms with van der Waals surface area (Å²) in [5.41, 5.74) is 0.548. The van der Waals surface area contributed by atoms with Gasteiger partial charge in [0.05, 0.1) is 21.5 Å². The van der Waals surface area contributed by atoms with Crippen molar-refractivity contribution >= 4 is 22.6 Å². The van der Waals surface area contributed by atoms with E-state index < -0.39 is 28.9 Å². The lowest BCUT2D eigenvalue weighted by atomic mass is 10.2. The highest BCUT2D eigenvalue weighted by molar-refractivity contribution is 5.80. The summed E-state index contributed by atoms with van der Waals surface area (Å²) in [6.45, 7) is 2.45. The maximum Gasteiger partial charge on any atom is 0.347 e. The third-order valence-corrected chi connectivity index (χ3v) is 4.86. The molecular weight excluding hydrogens is 449 g/mol. The summed E-state index contributed by atoms with van der Waals surface area (Å²) in [5.74, 6) is -1.45. The van der Waals surface area contributed by atoms with Gasteiger partial charge < -0.3 is 9.57 Å². The van der Waals surface area contributed by atoms with Gasteiger partial charge in [-0.3, -0.25) is 14.9 Å². The first-order chi connectivity index (χ1) is 16.2. The molecule has 4 rings (SSSR count). The molecule has 2 aromatic heterocycles. The van der Waals surface area contributed by atoms with E-state index in [9.17, 15) is 24.1 Å². The van der Waals surface area contributed by atoms with Crippen LogP contribution in [-0.2, 0) is 16.1 Å². The topological polar surface area (TPSA) is 131 Å². The largest absolute Gasteiger partial charge is 0.458 e. The van der Waals surface area contributed by atoms with E-state index in [1.807, 2.05) is 0 Å². The lowest BCUT2D eigenvalue weighted by molar-refractivity contribution is -0.384. The van der Waals surface area contributed by atoms with Crippen LogP contribution >= 0.6 is 0 Å². The minimum Gasteiger partial charge on any atom is -0.458 e. The normalized spacial score (nSPS) is 10.9. The molecule has 0 unspecified atom stereocenters. The van der Waals surface area contributed by atoms with Crippen LogP contribution in [0.25, 0.3) is 16.9 Å². The van der Waals surface area contributed by atoms with Gasteiger partial charge in [0.1, 0.15) is 12.4 Å². The highest BCUT2D eigenvalue weighted by atomic mass is 19.1. The van der Waals surface area contributed by atoms with Crippen molar-refractivity contribution in [3.8, 4) is 5.95 Å². The van der Waals surface area contributed by atoms with Gasteiger partial charge in [-0.2, -0.15) is 5.10 Å². The lowest BCUT2D eigenvalue weighted by Crippen LogP contribution is -2.35. The summed E-state index contributed by atoms with van der Waals surface area (Å²) in [6, 6.07) is 11.2. The first kappa shape index (κ1) is 22.6. The zero-order chi connectivity index (χ0) is 24.4. The number of carbonyl (C=O) groups is 1. The Labute approximate surface area is 191 Å². The van der Waals surface area contributed by atoms with Crippen LogP contribution in [0.3, 0.4) is 0 Å². The number of esters is 1. The van der Waals surface area contributed by atoms with Crippen LogP contribution in [0.4, 0.5) is 10.1 Å². The van der Waals surface area contributed by atoms with E-state index in [4.69, 9.17) is 9.57 Å². The molecule has 0 aliphatic carbocycles. The highest BCUT2D eigenvalue weighted by Crippen LogP contribution is 2.19. The van der Waals surface area contributed by atoms with Crippen molar-refractivity contribution in [2.45, 2.75) is 20.5 Å². The Morgan fingerprint density at radius 2 is 1.94 bits per heavy atom. The number of nitrogens with zero attached hydrogens (tertiary/aromatic N) is 5. The maximum absolute atomic E-state index is 13.7. The monoisotopic (exact) mass is 467 g/mol. The Bertz CT molecular complexity index is 1480. The number of ether oxygens (including phenoxy) is 1. The number of hydrogen-bond donors (Lipinski definition) is 0. The number of aromatic nitrogens is 4. The number of nitro benzene ring substituents is 1. The number of fused-ring (bicyclic) bond motifs is 1. The van der Waals surface area contributed by atoms with Crippen LogP contribution in [0.1, 0.15) is 17.0 Å². The van der Waals surface area contributed by atoms with Crippen molar-refractivity contribution in [3.63, 3.8) is 0 Å². The molecule has 4 aromatic rings. The summed E-state index contributed by atoms with van der Waals surface area (Å²) in [6.07, 6.45) is 0. The van der Waals surface area contributed by atoms with Gasteiger partial charge in [0.15, 0.2) is 0 Å². The highest BCUT2D eigenvalue weighted by Gasteiger charge is 2.20. The van der Waals surface area contributed by atoms with Crippen LogP contribution in [-0.4, -0.2) is 37.0 Å². The Morgan fingerprint density at radius 3 is 2.62 bits per heavy atom. The van der Waals surface area contributed by atoms with Crippen molar-refractivity contribution < 1.29 is 23.7 Å². The second kappa shape index (κ2) is 9.10. The molecule has 0 saturated heterocycles. The molecule has 11 nitrogen and oxygen atoms in total. The number of nitro groups is 1. The molecule has 0 aliphatic heterocycles. The molecule has 12 heteroatoms. The molecule has 0 N–H and O–H groups in total. The van der Waals surface area contributed by atoms with E-state index in [1.165, 1.54) is 35.0 Å². The number of rotatable bonds is 7. The minimum atomic E-state index is -0.867. The zero-order valence-corrected chi connectivity index (χ0v) is 18.1. The van der Waals surface area contributed by atoms with Gasteiger partial charge >= 0.3 is 5.97 Å². The van der Waals surface area contributed by atoms with Crippen LogP contribution in [0, 0.1) is 29.8 Å². The SMILES string of the molecule is Cc1cc(C)n(-c2nc3ccc([N+](=O)[O-])cc3c(=O)n2OCC(=O)OCc2ccccc2F)n1.